The summed E-state index contributed by atoms with van der Waals surface area (Å²) in [7, 11) is 0. The summed E-state index contributed by atoms with van der Waals surface area (Å²) in [5.41, 5.74) is 1.32. The molecule has 2 rings (SSSR count). The van der Waals surface area contributed by atoms with E-state index in [0.717, 1.165) is 0 Å². The maximum Gasteiger partial charge on any atom is 0.0902 e. The van der Waals surface area contributed by atoms with Crippen LogP contribution in [0.15, 0.2) is 59.4 Å². The van der Waals surface area contributed by atoms with E-state index in [1.165, 1.54) is 5.56 Å². The van der Waals surface area contributed by atoms with Crippen molar-refractivity contribution in [2.75, 3.05) is 0 Å². The van der Waals surface area contributed by atoms with Crippen LogP contribution < -0.4 is 0 Å². The summed E-state index contributed by atoms with van der Waals surface area (Å²) in [6.45, 7) is 2.08. The molecule has 0 N–H and O–H groups in total. The first-order chi connectivity index (χ1) is 5.89. The number of hydrogen-bond donors (Lipinski definition) is 0. The van der Waals surface area contributed by atoms with Crippen molar-refractivity contribution in [2.24, 2.45) is 0 Å². The van der Waals surface area contributed by atoms with Gasteiger partial charge in [-0.3, -0.25) is 0 Å². The molecule has 1 aromatic heterocycles. The first-order valence-corrected chi connectivity index (χ1v) is 3.88. The van der Waals surface area contributed by atoms with Gasteiger partial charge >= 0.3 is 0 Å². The van der Waals surface area contributed by atoms with Crippen molar-refractivity contribution in [2.45, 2.75) is 6.92 Å². The van der Waals surface area contributed by atoms with Gasteiger partial charge in [0.25, 0.3) is 0 Å². The highest BCUT2D eigenvalue weighted by atomic mass is 16.3. The van der Waals surface area contributed by atoms with Crippen molar-refractivity contribution in [1.82, 2.24) is 0 Å². The maximum atomic E-state index is 4.58. The minimum atomic E-state index is 1.32. The SMILES string of the molecule is Cc1ccccc1.c1ccoc1. The van der Waals surface area contributed by atoms with Crippen LogP contribution in [-0.4, -0.2) is 0 Å². The fourth-order valence-electron chi connectivity index (χ4n) is 0.761. The van der Waals surface area contributed by atoms with Gasteiger partial charge < -0.3 is 4.42 Å². The second-order valence-electron chi connectivity index (χ2n) is 2.45. The van der Waals surface area contributed by atoms with Gasteiger partial charge in [0, 0.05) is 0 Å². The van der Waals surface area contributed by atoms with Crippen LogP contribution in [0.25, 0.3) is 0 Å². The first kappa shape index (κ1) is 8.60. The molecule has 0 unspecified atom stereocenters. The molecule has 2 aromatic rings. The fraction of sp³-hybridized carbons (Fsp3) is 0.0909. The molecule has 0 aliphatic carbocycles. The highest BCUT2D eigenvalue weighted by Gasteiger charge is 1.72. The Morgan fingerprint density at radius 2 is 1.42 bits per heavy atom. The van der Waals surface area contributed by atoms with Crippen molar-refractivity contribution in [3.05, 3.63) is 60.6 Å². The van der Waals surface area contributed by atoms with E-state index in [9.17, 15) is 0 Å². The van der Waals surface area contributed by atoms with Gasteiger partial charge in [0.05, 0.1) is 12.5 Å². The summed E-state index contributed by atoms with van der Waals surface area (Å²) in [6, 6.07) is 13.9. The van der Waals surface area contributed by atoms with E-state index in [0.29, 0.717) is 0 Å². The Labute approximate surface area is 72.7 Å². The van der Waals surface area contributed by atoms with Gasteiger partial charge in [-0.05, 0) is 19.1 Å². The number of furan rings is 1. The van der Waals surface area contributed by atoms with E-state index in [1.807, 2.05) is 30.3 Å². The van der Waals surface area contributed by atoms with Crippen molar-refractivity contribution >= 4 is 0 Å². The smallest absolute Gasteiger partial charge is 0.0902 e. The molecule has 1 aromatic carbocycles. The van der Waals surface area contributed by atoms with Crippen LogP contribution in [-0.2, 0) is 0 Å². The molecule has 0 fully saturated rings. The molecule has 0 aliphatic rings. The third-order valence-corrected chi connectivity index (χ3v) is 1.37. The Balaban J connectivity index is 0.000000127. The first-order valence-electron chi connectivity index (χ1n) is 3.88. The van der Waals surface area contributed by atoms with E-state index < -0.39 is 0 Å². The van der Waals surface area contributed by atoms with Crippen LogP contribution in [0.4, 0.5) is 0 Å². The van der Waals surface area contributed by atoms with Crippen molar-refractivity contribution in [1.29, 1.82) is 0 Å². The average molecular weight is 160 g/mol. The number of rotatable bonds is 0. The predicted octanol–water partition coefficient (Wildman–Crippen LogP) is 3.27. The topological polar surface area (TPSA) is 13.1 Å². The van der Waals surface area contributed by atoms with Crippen molar-refractivity contribution in [3.8, 4) is 0 Å². The second-order valence-corrected chi connectivity index (χ2v) is 2.45. The summed E-state index contributed by atoms with van der Waals surface area (Å²) in [6.07, 6.45) is 3.25. The number of benzene rings is 1. The van der Waals surface area contributed by atoms with Gasteiger partial charge in [-0.15, -0.1) is 0 Å². The minimum Gasteiger partial charge on any atom is -0.473 e. The van der Waals surface area contributed by atoms with Crippen LogP contribution >= 0.6 is 0 Å². The van der Waals surface area contributed by atoms with Gasteiger partial charge in [0.2, 0.25) is 0 Å². The Morgan fingerprint density at radius 1 is 0.833 bits per heavy atom. The molecule has 0 saturated heterocycles. The normalized spacial score (nSPS) is 8.42. The van der Waals surface area contributed by atoms with Gasteiger partial charge in [-0.2, -0.15) is 0 Å². The molecule has 62 valence electrons. The summed E-state index contributed by atoms with van der Waals surface area (Å²) in [5.74, 6) is 0. The van der Waals surface area contributed by atoms with Crippen LogP contribution in [0.3, 0.4) is 0 Å². The molecule has 0 amide bonds. The van der Waals surface area contributed by atoms with E-state index in [4.69, 9.17) is 0 Å². The molecular formula is C11H12O. The van der Waals surface area contributed by atoms with Gasteiger partial charge in [0.1, 0.15) is 0 Å². The lowest BCUT2D eigenvalue weighted by Gasteiger charge is -1.82. The number of hydrogen-bond acceptors (Lipinski definition) is 1. The van der Waals surface area contributed by atoms with Gasteiger partial charge in [-0.1, -0.05) is 35.9 Å². The highest BCUT2D eigenvalue weighted by Crippen LogP contribution is 1.92. The molecule has 1 nitrogen and oxygen atoms in total. The second kappa shape index (κ2) is 5.19. The lowest BCUT2D eigenvalue weighted by molar-refractivity contribution is 0.567. The van der Waals surface area contributed by atoms with Crippen LogP contribution in [0.5, 0.6) is 0 Å². The van der Waals surface area contributed by atoms with E-state index in [-0.39, 0.29) is 0 Å². The third kappa shape index (κ3) is 3.62. The Kier molecular flexibility index (Phi) is 3.72. The average Bonchev–Trinajstić information content (AvgIpc) is 2.62. The van der Waals surface area contributed by atoms with Gasteiger partial charge in [-0.25, -0.2) is 0 Å². The van der Waals surface area contributed by atoms with Gasteiger partial charge in [0.15, 0.2) is 0 Å². The maximum absolute atomic E-state index is 4.58. The fourth-order valence-corrected chi connectivity index (χ4v) is 0.761. The zero-order valence-corrected chi connectivity index (χ0v) is 7.10. The number of aryl methyl sites for hydroxylation is 1. The van der Waals surface area contributed by atoms with Crippen LogP contribution in [0.2, 0.25) is 0 Å². The van der Waals surface area contributed by atoms with E-state index in [1.54, 1.807) is 12.5 Å². The van der Waals surface area contributed by atoms with Crippen molar-refractivity contribution < 1.29 is 4.42 Å². The minimum absolute atomic E-state index is 1.32. The van der Waals surface area contributed by atoms with E-state index >= 15 is 0 Å². The molecule has 1 heterocycles. The van der Waals surface area contributed by atoms with E-state index in [2.05, 4.69) is 23.5 Å². The summed E-state index contributed by atoms with van der Waals surface area (Å²) < 4.78 is 4.58. The molecule has 0 radical (unpaired) electrons. The monoisotopic (exact) mass is 160 g/mol. The largest absolute Gasteiger partial charge is 0.473 e. The molecule has 0 atom stereocenters. The lowest BCUT2D eigenvalue weighted by Crippen LogP contribution is -1.62. The molecule has 0 bridgehead atoms. The Morgan fingerprint density at radius 3 is 1.67 bits per heavy atom. The molecule has 12 heavy (non-hydrogen) atoms. The third-order valence-electron chi connectivity index (χ3n) is 1.37. The molecular weight excluding hydrogens is 148 g/mol. The quantitative estimate of drug-likeness (QED) is 0.576. The highest BCUT2D eigenvalue weighted by molar-refractivity contribution is 5.11. The molecule has 1 heteroatoms. The zero-order valence-electron chi connectivity index (χ0n) is 7.10. The molecule has 0 aliphatic heterocycles. The Bertz CT molecular complexity index is 254. The Hall–Kier alpha value is -1.50. The standard InChI is InChI=1S/C7H8.C4H4O/c1-7-5-3-2-4-6-7;1-2-4-5-3-1/h2-6H,1H3;1-4H. The summed E-state index contributed by atoms with van der Waals surface area (Å²) in [5, 5.41) is 0. The molecule has 0 spiro atoms. The summed E-state index contributed by atoms with van der Waals surface area (Å²) >= 11 is 0. The summed E-state index contributed by atoms with van der Waals surface area (Å²) in [4.78, 5) is 0. The predicted molar refractivity (Wildman–Crippen MR) is 49.9 cm³/mol. The zero-order chi connectivity index (χ0) is 8.65. The van der Waals surface area contributed by atoms with Crippen molar-refractivity contribution in [3.63, 3.8) is 0 Å². The lowest BCUT2D eigenvalue weighted by atomic mass is 10.2. The van der Waals surface area contributed by atoms with Crippen LogP contribution in [0.1, 0.15) is 5.56 Å². The van der Waals surface area contributed by atoms with Crippen LogP contribution in [0, 0.1) is 6.92 Å². The molecule has 0 saturated carbocycles.